The van der Waals surface area contributed by atoms with Crippen LogP contribution in [0.15, 0.2) is 0 Å². The topological polar surface area (TPSA) is 26.3 Å². The van der Waals surface area contributed by atoms with Crippen molar-refractivity contribution < 1.29 is 9.53 Å². The van der Waals surface area contributed by atoms with Crippen molar-refractivity contribution in [3.8, 4) is 0 Å². The second-order valence-electron chi connectivity index (χ2n) is 7.57. The first kappa shape index (κ1) is 13.5. The van der Waals surface area contributed by atoms with Crippen LogP contribution >= 0.6 is 0 Å². The van der Waals surface area contributed by atoms with Crippen LogP contribution in [0.3, 0.4) is 0 Å². The van der Waals surface area contributed by atoms with Crippen molar-refractivity contribution in [2.24, 2.45) is 29.6 Å². The fourth-order valence-corrected chi connectivity index (χ4v) is 5.05. The molecule has 0 heterocycles. The molecule has 3 fully saturated rings. The molecule has 3 rings (SSSR count). The van der Waals surface area contributed by atoms with Gasteiger partial charge in [0.05, 0.1) is 5.92 Å². The van der Waals surface area contributed by atoms with Crippen molar-refractivity contribution in [3.05, 3.63) is 0 Å². The SMILES string of the molecule is CCC1(OC(=O)C(C)C)CC2CCC3CC2CC1C3. The Bertz CT molecular complexity index is 360. The average molecular weight is 264 g/mol. The van der Waals surface area contributed by atoms with E-state index in [4.69, 9.17) is 4.74 Å². The predicted molar refractivity (Wildman–Crippen MR) is 75.6 cm³/mol. The Morgan fingerprint density at radius 2 is 2.00 bits per heavy atom. The minimum atomic E-state index is -0.123. The molecule has 0 aromatic rings. The van der Waals surface area contributed by atoms with Gasteiger partial charge >= 0.3 is 5.97 Å². The van der Waals surface area contributed by atoms with Crippen LogP contribution in [0.2, 0.25) is 0 Å². The lowest BCUT2D eigenvalue weighted by molar-refractivity contribution is -0.192. The van der Waals surface area contributed by atoms with Crippen LogP contribution in [-0.2, 0) is 9.53 Å². The summed E-state index contributed by atoms with van der Waals surface area (Å²) in [5, 5.41) is 0. The summed E-state index contributed by atoms with van der Waals surface area (Å²) in [5.41, 5.74) is -0.123. The molecule has 5 unspecified atom stereocenters. The first-order chi connectivity index (χ1) is 9.04. The molecule has 3 saturated carbocycles. The van der Waals surface area contributed by atoms with Gasteiger partial charge in [-0.2, -0.15) is 0 Å². The van der Waals surface area contributed by atoms with Gasteiger partial charge in [-0.3, -0.25) is 4.79 Å². The van der Waals surface area contributed by atoms with E-state index in [0.717, 1.165) is 30.6 Å². The fraction of sp³-hybridized carbons (Fsp3) is 0.941. The lowest BCUT2D eigenvalue weighted by Gasteiger charge is -2.56. The second-order valence-corrected chi connectivity index (χ2v) is 7.57. The van der Waals surface area contributed by atoms with Gasteiger partial charge in [-0.15, -0.1) is 0 Å². The fourth-order valence-electron chi connectivity index (χ4n) is 5.05. The summed E-state index contributed by atoms with van der Waals surface area (Å²) in [6.45, 7) is 6.12. The first-order valence-corrected chi connectivity index (χ1v) is 8.27. The molecule has 108 valence electrons. The van der Waals surface area contributed by atoms with E-state index in [1.54, 1.807) is 0 Å². The monoisotopic (exact) mass is 264 g/mol. The second kappa shape index (κ2) is 4.79. The van der Waals surface area contributed by atoms with Crippen LogP contribution in [0.4, 0.5) is 0 Å². The van der Waals surface area contributed by atoms with Gasteiger partial charge < -0.3 is 4.74 Å². The van der Waals surface area contributed by atoms with Crippen LogP contribution in [0.1, 0.15) is 65.7 Å². The smallest absolute Gasteiger partial charge is 0.308 e. The minimum absolute atomic E-state index is 0.00178. The molecular weight excluding hydrogens is 236 g/mol. The maximum absolute atomic E-state index is 12.1. The third kappa shape index (κ3) is 2.21. The van der Waals surface area contributed by atoms with Crippen molar-refractivity contribution in [2.75, 3.05) is 0 Å². The number of esters is 1. The summed E-state index contributed by atoms with van der Waals surface area (Å²) in [7, 11) is 0. The van der Waals surface area contributed by atoms with Crippen LogP contribution < -0.4 is 0 Å². The zero-order chi connectivity index (χ0) is 13.6. The van der Waals surface area contributed by atoms with Crippen molar-refractivity contribution in [1.82, 2.24) is 0 Å². The lowest BCUT2D eigenvalue weighted by atomic mass is 9.52. The molecule has 2 heteroatoms. The quantitative estimate of drug-likeness (QED) is 0.715. The molecule has 0 spiro atoms. The number of carbonyl (C=O) groups excluding carboxylic acids is 1. The number of hydrogen-bond acceptors (Lipinski definition) is 2. The molecular formula is C17H28O2. The van der Waals surface area contributed by atoms with Gasteiger partial charge in [0.1, 0.15) is 5.60 Å². The number of hydrogen-bond donors (Lipinski definition) is 0. The Labute approximate surface area is 117 Å². The molecule has 0 amide bonds. The molecule has 0 saturated heterocycles. The summed E-state index contributed by atoms with van der Waals surface area (Å²) in [5.74, 6) is 3.34. The third-order valence-electron chi connectivity index (χ3n) is 6.18. The largest absolute Gasteiger partial charge is 0.459 e. The van der Waals surface area contributed by atoms with Gasteiger partial charge in [0.15, 0.2) is 0 Å². The van der Waals surface area contributed by atoms with Crippen molar-refractivity contribution in [1.29, 1.82) is 0 Å². The van der Waals surface area contributed by atoms with Gasteiger partial charge in [-0.25, -0.2) is 0 Å². The van der Waals surface area contributed by atoms with Gasteiger partial charge in [-0.1, -0.05) is 27.2 Å². The molecule has 0 aromatic carbocycles. The summed E-state index contributed by atoms with van der Waals surface area (Å²) in [6, 6.07) is 0. The predicted octanol–water partition coefficient (Wildman–Crippen LogP) is 4.18. The number of carbonyl (C=O) groups is 1. The Hall–Kier alpha value is -0.530. The van der Waals surface area contributed by atoms with E-state index in [-0.39, 0.29) is 17.5 Å². The highest BCUT2D eigenvalue weighted by Crippen LogP contribution is 2.57. The van der Waals surface area contributed by atoms with E-state index < -0.39 is 0 Å². The van der Waals surface area contributed by atoms with E-state index in [1.165, 1.54) is 32.1 Å². The molecule has 2 nitrogen and oxygen atoms in total. The molecule has 3 aliphatic carbocycles. The average Bonchev–Trinajstić information content (AvgIpc) is 2.39. The highest BCUT2D eigenvalue weighted by molar-refractivity contribution is 5.72. The van der Waals surface area contributed by atoms with Crippen LogP contribution in [0.5, 0.6) is 0 Å². The summed E-state index contributed by atoms with van der Waals surface area (Å²) >= 11 is 0. The highest BCUT2D eigenvalue weighted by atomic mass is 16.6. The Morgan fingerprint density at radius 1 is 1.21 bits per heavy atom. The van der Waals surface area contributed by atoms with Gasteiger partial charge in [-0.05, 0) is 62.2 Å². The number of rotatable bonds is 3. The molecule has 0 aliphatic heterocycles. The normalized spacial score (nSPS) is 44.4. The van der Waals surface area contributed by atoms with E-state index in [2.05, 4.69) is 6.92 Å². The molecule has 5 atom stereocenters. The van der Waals surface area contributed by atoms with Crippen LogP contribution in [0.25, 0.3) is 0 Å². The maximum Gasteiger partial charge on any atom is 0.308 e. The molecule has 19 heavy (non-hydrogen) atoms. The minimum Gasteiger partial charge on any atom is -0.459 e. The number of ether oxygens (including phenoxy) is 1. The van der Waals surface area contributed by atoms with E-state index in [1.807, 2.05) is 13.8 Å². The van der Waals surface area contributed by atoms with E-state index >= 15 is 0 Å². The maximum atomic E-state index is 12.1. The molecule has 3 bridgehead atoms. The molecule has 0 radical (unpaired) electrons. The zero-order valence-electron chi connectivity index (χ0n) is 12.7. The van der Waals surface area contributed by atoms with Crippen molar-refractivity contribution in [2.45, 2.75) is 71.3 Å². The lowest BCUT2D eigenvalue weighted by Crippen LogP contribution is -2.54. The van der Waals surface area contributed by atoms with E-state index in [0.29, 0.717) is 5.92 Å². The molecule has 3 aliphatic rings. The summed E-state index contributed by atoms with van der Waals surface area (Å²) in [6.07, 6.45) is 9.04. The Balaban J connectivity index is 1.83. The Morgan fingerprint density at radius 3 is 2.68 bits per heavy atom. The van der Waals surface area contributed by atoms with Gasteiger partial charge in [0, 0.05) is 0 Å². The van der Waals surface area contributed by atoms with E-state index in [9.17, 15) is 4.79 Å². The summed E-state index contributed by atoms with van der Waals surface area (Å²) < 4.78 is 6.09. The Kier molecular flexibility index (Phi) is 3.39. The summed E-state index contributed by atoms with van der Waals surface area (Å²) in [4.78, 5) is 12.1. The van der Waals surface area contributed by atoms with Gasteiger partial charge in [0.25, 0.3) is 0 Å². The molecule has 0 N–H and O–H groups in total. The standard InChI is InChI=1S/C17H28O2/c1-4-17(19-16(18)11(2)3)10-13-6-5-12-7-14(13)9-15(17)8-12/h11-15H,4-10H2,1-3H3. The van der Waals surface area contributed by atoms with Crippen LogP contribution in [0, 0.1) is 29.6 Å². The number of fused-ring (bicyclic) bond motifs is 2. The molecule has 0 aromatic heterocycles. The van der Waals surface area contributed by atoms with Crippen molar-refractivity contribution >= 4 is 5.97 Å². The van der Waals surface area contributed by atoms with Crippen molar-refractivity contribution in [3.63, 3.8) is 0 Å². The zero-order valence-corrected chi connectivity index (χ0v) is 12.7. The first-order valence-electron chi connectivity index (χ1n) is 8.27. The van der Waals surface area contributed by atoms with Gasteiger partial charge in [0.2, 0.25) is 0 Å². The highest BCUT2D eigenvalue weighted by Gasteiger charge is 2.54. The third-order valence-corrected chi connectivity index (χ3v) is 6.18. The van der Waals surface area contributed by atoms with Crippen LogP contribution in [-0.4, -0.2) is 11.6 Å².